The van der Waals surface area contributed by atoms with E-state index in [0.717, 1.165) is 11.1 Å². The van der Waals surface area contributed by atoms with Gasteiger partial charge in [-0.2, -0.15) is 18.4 Å². The van der Waals surface area contributed by atoms with Crippen molar-refractivity contribution in [3.63, 3.8) is 0 Å². The standard InChI is InChI=1S/C25H22F5N5O2S/c1-33-10-7-20(24(26,27)14-33)37-17-5-3-15(4-6-17)35-22(38)34(21(36)23(35)8-2-9-23)16-11-18(25(28,29)30)19(12-31)32-13-16/h3-6,11,13,20H,2,7-10,14H2,1H3. The van der Waals surface area contributed by atoms with Gasteiger partial charge in [0.2, 0.25) is 0 Å². The van der Waals surface area contributed by atoms with Crippen LogP contribution in [0.5, 0.6) is 5.75 Å². The van der Waals surface area contributed by atoms with Gasteiger partial charge in [0, 0.05) is 18.7 Å². The van der Waals surface area contributed by atoms with E-state index in [1.807, 2.05) is 0 Å². The van der Waals surface area contributed by atoms with Crippen molar-refractivity contribution in [1.29, 1.82) is 5.26 Å². The lowest BCUT2D eigenvalue weighted by molar-refractivity contribution is -0.138. The number of aromatic nitrogens is 1. The van der Waals surface area contributed by atoms with Gasteiger partial charge in [-0.05, 0) is 68.9 Å². The second-order valence-corrected chi connectivity index (χ2v) is 10.1. The Morgan fingerprint density at radius 2 is 1.87 bits per heavy atom. The molecule has 1 unspecified atom stereocenters. The summed E-state index contributed by atoms with van der Waals surface area (Å²) in [6.07, 6.45) is -3.38. The molecule has 13 heteroatoms. The molecule has 3 aliphatic rings. The van der Waals surface area contributed by atoms with E-state index in [0.29, 0.717) is 37.6 Å². The average Bonchev–Trinajstić information content (AvgIpc) is 3.06. The minimum atomic E-state index is -4.85. The number of thiocarbonyl (C=S) groups is 1. The third-order valence-electron chi connectivity index (χ3n) is 7.23. The first-order chi connectivity index (χ1) is 17.9. The number of alkyl halides is 5. The van der Waals surface area contributed by atoms with Crippen LogP contribution in [-0.4, -0.2) is 58.6 Å². The van der Waals surface area contributed by atoms with Gasteiger partial charge in [0.15, 0.2) is 16.9 Å². The lowest BCUT2D eigenvalue weighted by Gasteiger charge is -2.43. The van der Waals surface area contributed by atoms with Gasteiger partial charge in [-0.3, -0.25) is 9.69 Å². The number of carbonyl (C=O) groups excluding carboxylic acids is 1. The molecule has 1 amide bonds. The van der Waals surface area contributed by atoms with E-state index in [9.17, 15) is 26.7 Å². The Balaban J connectivity index is 1.44. The summed E-state index contributed by atoms with van der Waals surface area (Å²) in [4.78, 5) is 21.3. The van der Waals surface area contributed by atoms with Crippen LogP contribution in [0.15, 0.2) is 36.5 Å². The number of nitriles is 1. The van der Waals surface area contributed by atoms with Gasteiger partial charge >= 0.3 is 6.18 Å². The fraction of sp³-hybridized carbons (Fsp3) is 0.440. The third kappa shape index (κ3) is 4.25. The number of carbonyl (C=O) groups is 1. The van der Waals surface area contributed by atoms with E-state index >= 15 is 0 Å². The van der Waals surface area contributed by atoms with Crippen LogP contribution in [0.2, 0.25) is 0 Å². The Hall–Kier alpha value is -3.37. The number of ether oxygens (including phenoxy) is 1. The van der Waals surface area contributed by atoms with Gasteiger partial charge in [-0.1, -0.05) is 0 Å². The van der Waals surface area contributed by atoms with E-state index < -0.39 is 47.5 Å². The summed E-state index contributed by atoms with van der Waals surface area (Å²) in [6.45, 7) is 0.0691. The molecule has 1 atom stereocenters. The predicted octanol–water partition coefficient (Wildman–Crippen LogP) is 4.75. The SMILES string of the molecule is CN1CCC(Oc2ccc(N3C(=S)N(c4cnc(C#N)c(C(F)(F)F)c4)C(=O)C34CCC4)cc2)C(F)(F)C1. The van der Waals surface area contributed by atoms with Crippen molar-refractivity contribution >= 4 is 34.6 Å². The summed E-state index contributed by atoms with van der Waals surface area (Å²) in [7, 11) is 1.62. The largest absolute Gasteiger partial charge is 0.484 e. The van der Waals surface area contributed by atoms with Crippen molar-refractivity contribution in [2.24, 2.45) is 0 Å². The Labute approximate surface area is 220 Å². The number of pyridine rings is 1. The van der Waals surface area contributed by atoms with Crippen molar-refractivity contribution in [1.82, 2.24) is 9.88 Å². The van der Waals surface area contributed by atoms with Crippen molar-refractivity contribution in [3.05, 3.63) is 47.8 Å². The minimum Gasteiger partial charge on any atom is -0.484 e. The number of amides is 1. The first-order valence-electron chi connectivity index (χ1n) is 11.9. The smallest absolute Gasteiger partial charge is 0.419 e. The number of likely N-dealkylation sites (tertiary alicyclic amines) is 1. The third-order valence-corrected chi connectivity index (χ3v) is 7.60. The van der Waals surface area contributed by atoms with E-state index in [2.05, 4.69) is 4.98 Å². The van der Waals surface area contributed by atoms with Gasteiger partial charge in [0.05, 0.1) is 24.0 Å². The van der Waals surface area contributed by atoms with Crippen molar-refractivity contribution < 1.29 is 31.5 Å². The molecular weight excluding hydrogens is 529 g/mol. The maximum atomic E-state index is 14.4. The number of anilines is 2. The van der Waals surface area contributed by atoms with Crippen LogP contribution in [-0.2, 0) is 11.0 Å². The van der Waals surface area contributed by atoms with Gasteiger partial charge in [-0.25, -0.2) is 13.8 Å². The van der Waals surface area contributed by atoms with Crippen LogP contribution >= 0.6 is 12.2 Å². The van der Waals surface area contributed by atoms with Gasteiger partial charge < -0.3 is 14.5 Å². The Kier molecular flexibility index (Phi) is 6.30. The molecule has 7 nitrogen and oxygen atoms in total. The molecule has 3 heterocycles. The molecule has 1 aromatic heterocycles. The molecule has 2 aliphatic heterocycles. The van der Waals surface area contributed by atoms with E-state index in [4.69, 9.17) is 22.2 Å². The number of rotatable bonds is 4. The summed E-state index contributed by atoms with van der Waals surface area (Å²) >= 11 is 5.58. The predicted molar refractivity (Wildman–Crippen MR) is 131 cm³/mol. The number of halogens is 5. The molecule has 2 saturated heterocycles. The highest BCUT2D eigenvalue weighted by Crippen LogP contribution is 2.48. The van der Waals surface area contributed by atoms with Crippen LogP contribution in [0, 0.1) is 11.3 Å². The first-order valence-corrected chi connectivity index (χ1v) is 12.3. The molecule has 1 aliphatic carbocycles. The fourth-order valence-corrected chi connectivity index (χ4v) is 5.63. The highest BCUT2D eigenvalue weighted by Gasteiger charge is 2.59. The van der Waals surface area contributed by atoms with Crippen LogP contribution < -0.4 is 14.5 Å². The summed E-state index contributed by atoms with van der Waals surface area (Å²) in [5, 5.41) is 9.01. The van der Waals surface area contributed by atoms with Crippen molar-refractivity contribution in [3.8, 4) is 11.8 Å². The average molecular weight is 552 g/mol. The molecule has 38 heavy (non-hydrogen) atoms. The number of piperidine rings is 1. The number of benzene rings is 1. The summed E-state index contributed by atoms with van der Waals surface area (Å²) < 4.78 is 75.0. The number of hydrogen-bond donors (Lipinski definition) is 0. The van der Waals surface area contributed by atoms with Crippen LogP contribution in [0.3, 0.4) is 0 Å². The maximum Gasteiger partial charge on any atom is 0.419 e. The van der Waals surface area contributed by atoms with Crippen LogP contribution in [0.25, 0.3) is 0 Å². The molecule has 3 fully saturated rings. The fourth-order valence-electron chi connectivity index (χ4n) is 5.16. The second-order valence-electron chi connectivity index (χ2n) is 9.73. The van der Waals surface area contributed by atoms with Gasteiger partial charge in [0.1, 0.15) is 17.4 Å². The summed E-state index contributed by atoms with van der Waals surface area (Å²) in [5.41, 5.74) is -2.86. The van der Waals surface area contributed by atoms with Gasteiger partial charge in [0.25, 0.3) is 11.8 Å². The molecule has 0 bridgehead atoms. The zero-order chi connectivity index (χ0) is 27.5. The Morgan fingerprint density at radius 3 is 2.42 bits per heavy atom. The second kappa shape index (κ2) is 9.13. The quantitative estimate of drug-likeness (QED) is 0.401. The van der Waals surface area contributed by atoms with Crippen LogP contribution in [0.1, 0.15) is 36.9 Å². The van der Waals surface area contributed by atoms with E-state index in [-0.39, 0.29) is 23.0 Å². The maximum absolute atomic E-state index is 14.4. The summed E-state index contributed by atoms with van der Waals surface area (Å²) in [6, 6.07) is 8.31. The monoisotopic (exact) mass is 551 g/mol. The lowest BCUT2D eigenvalue weighted by Crippen LogP contribution is -2.55. The van der Waals surface area contributed by atoms with Crippen molar-refractivity contribution in [2.75, 3.05) is 29.9 Å². The molecule has 0 radical (unpaired) electrons. The van der Waals surface area contributed by atoms with Gasteiger partial charge in [-0.15, -0.1) is 0 Å². The molecular formula is C25H22F5N5O2S. The van der Waals surface area contributed by atoms with Crippen molar-refractivity contribution in [2.45, 2.75) is 49.4 Å². The minimum absolute atomic E-state index is 0.0372. The Morgan fingerprint density at radius 1 is 1.18 bits per heavy atom. The molecule has 5 rings (SSSR count). The topological polar surface area (TPSA) is 72.7 Å². The molecule has 1 spiro atoms. The normalized spacial score (nSPS) is 22.9. The molecule has 1 saturated carbocycles. The van der Waals surface area contributed by atoms with Crippen LogP contribution in [0.4, 0.5) is 33.3 Å². The summed E-state index contributed by atoms with van der Waals surface area (Å²) in [5.74, 6) is -3.28. The lowest BCUT2D eigenvalue weighted by atomic mass is 9.75. The molecule has 0 N–H and O–H groups in total. The molecule has 200 valence electrons. The van der Waals surface area contributed by atoms with E-state index in [1.165, 1.54) is 18.2 Å². The number of hydrogen-bond acceptors (Lipinski definition) is 6. The zero-order valence-corrected chi connectivity index (χ0v) is 21.0. The highest BCUT2D eigenvalue weighted by molar-refractivity contribution is 7.81. The molecule has 2 aromatic rings. The highest BCUT2D eigenvalue weighted by atomic mass is 32.1. The Bertz CT molecular complexity index is 1320. The molecule has 1 aromatic carbocycles. The zero-order valence-electron chi connectivity index (χ0n) is 20.1. The van der Waals surface area contributed by atoms with E-state index in [1.54, 1.807) is 29.0 Å². The number of nitrogens with zero attached hydrogens (tertiary/aromatic N) is 5. The first kappa shape index (κ1) is 26.2.